The molecule has 1 saturated carbocycles. The van der Waals surface area contributed by atoms with E-state index in [2.05, 4.69) is 10.6 Å². The van der Waals surface area contributed by atoms with Gasteiger partial charge in [0.2, 0.25) is 11.8 Å². The first kappa shape index (κ1) is 18.7. The Morgan fingerprint density at radius 3 is 2.46 bits per heavy atom. The van der Waals surface area contributed by atoms with Gasteiger partial charge in [-0.05, 0) is 49.1 Å². The normalized spacial score (nSPS) is 14.6. The van der Waals surface area contributed by atoms with Gasteiger partial charge in [-0.25, -0.2) is 4.39 Å². The molecule has 0 radical (unpaired) electrons. The van der Waals surface area contributed by atoms with Crippen LogP contribution in [0.5, 0.6) is 0 Å². The molecule has 2 amide bonds. The van der Waals surface area contributed by atoms with Gasteiger partial charge in [-0.1, -0.05) is 41.4 Å². The third-order valence-corrected chi connectivity index (χ3v) is 4.98. The van der Waals surface area contributed by atoms with Gasteiger partial charge in [0.15, 0.2) is 0 Å². The Labute approximate surface area is 160 Å². The van der Waals surface area contributed by atoms with E-state index >= 15 is 0 Å². The van der Waals surface area contributed by atoms with Crippen molar-refractivity contribution in [2.75, 3.05) is 11.9 Å². The molecule has 1 aliphatic carbocycles. The Kier molecular flexibility index (Phi) is 5.49. The summed E-state index contributed by atoms with van der Waals surface area (Å²) >= 11 is 11.9. The summed E-state index contributed by atoms with van der Waals surface area (Å²) in [5.41, 5.74) is -0.153. The fraction of sp³-hybridized carbons (Fsp3) is 0.263. The van der Waals surface area contributed by atoms with Crippen molar-refractivity contribution >= 4 is 40.7 Å². The largest absolute Gasteiger partial charge is 0.355 e. The lowest BCUT2D eigenvalue weighted by Crippen LogP contribution is -2.40. The maximum atomic E-state index is 13.6. The van der Waals surface area contributed by atoms with Crippen molar-refractivity contribution in [3.05, 3.63) is 63.9 Å². The molecule has 3 rings (SSSR count). The monoisotopic (exact) mass is 394 g/mol. The summed E-state index contributed by atoms with van der Waals surface area (Å²) < 4.78 is 13.6. The summed E-state index contributed by atoms with van der Waals surface area (Å²) in [5.74, 6) is -1.06. The van der Waals surface area contributed by atoms with E-state index in [0.29, 0.717) is 40.6 Å². The lowest BCUT2D eigenvalue weighted by atomic mass is 10.0. The predicted octanol–water partition coefficient (Wildman–Crippen LogP) is 4.21. The number of rotatable bonds is 6. The molecule has 4 nitrogen and oxygen atoms in total. The van der Waals surface area contributed by atoms with Crippen molar-refractivity contribution in [1.29, 1.82) is 0 Å². The van der Waals surface area contributed by atoms with Gasteiger partial charge in [-0.15, -0.1) is 0 Å². The number of halogens is 3. The zero-order chi connectivity index (χ0) is 18.7. The molecule has 7 heteroatoms. The van der Waals surface area contributed by atoms with E-state index in [-0.39, 0.29) is 18.3 Å². The molecule has 0 heterocycles. The molecule has 136 valence electrons. The van der Waals surface area contributed by atoms with E-state index in [1.54, 1.807) is 30.3 Å². The highest BCUT2D eigenvalue weighted by molar-refractivity contribution is 6.36. The Hall–Kier alpha value is -2.11. The van der Waals surface area contributed by atoms with Gasteiger partial charge in [0.05, 0.1) is 10.7 Å². The summed E-state index contributed by atoms with van der Waals surface area (Å²) in [4.78, 5) is 25.0. The van der Waals surface area contributed by atoms with Crippen molar-refractivity contribution in [1.82, 2.24) is 5.32 Å². The summed E-state index contributed by atoms with van der Waals surface area (Å²) in [6.07, 6.45) is 1.30. The number of nitrogens with one attached hydrogen (secondary N) is 2. The molecule has 0 spiro atoms. The van der Waals surface area contributed by atoms with Gasteiger partial charge < -0.3 is 10.6 Å². The first-order chi connectivity index (χ1) is 12.4. The molecule has 0 atom stereocenters. The van der Waals surface area contributed by atoms with E-state index in [0.717, 1.165) is 0 Å². The van der Waals surface area contributed by atoms with Gasteiger partial charge in [0.25, 0.3) is 0 Å². The van der Waals surface area contributed by atoms with Gasteiger partial charge in [0.1, 0.15) is 11.2 Å². The van der Waals surface area contributed by atoms with E-state index in [4.69, 9.17) is 23.2 Å². The Morgan fingerprint density at radius 2 is 1.81 bits per heavy atom. The smallest absolute Gasteiger partial charge is 0.240 e. The first-order valence-corrected chi connectivity index (χ1v) is 8.96. The number of carbonyl (C=O) groups is 2. The van der Waals surface area contributed by atoms with Crippen LogP contribution < -0.4 is 10.6 Å². The van der Waals surface area contributed by atoms with Crippen LogP contribution in [0.2, 0.25) is 10.0 Å². The minimum absolute atomic E-state index is 0.260. The number of hydrogen-bond acceptors (Lipinski definition) is 2. The molecule has 1 aliphatic rings. The van der Waals surface area contributed by atoms with Crippen LogP contribution in [0.25, 0.3) is 0 Å². The van der Waals surface area contributed by atoms with Crippen LogP contribution in [0.3, 0.4) is 0 Å². The Morgan fingerprint density at radius 1 is 1.08 bits per heavy atom. The molecule has 26 heavy (non-hydrogen) atoms. The van der Waals surface area contributed by atoms with E-state index in [1.165, 1.54) is 12.1 Å². The highest BCUT2D eigenvalue weighted by Gasteiger charge is 2.56. The molecule has 2 N–H and O–H groups in total. The standard InChI is InChI=1S/C19H17Cl2FN2O2/c20-13-5-6-16(14(21)11-13)24-18(26)19(8-9-19)17(25)23-10-7-12-3-1-2-4-15(12)22/h1-6,11H,7-10H2,(H,23,25)(H,24,26). The molecule has 2 aromatic carbocycles. The summed E-state index contributed by atoms with van der Waals surface area (Å²) in [6.45, 7) is 0.260. The molecule has 0 aromatic heterocycles. The topological polar surface area (TPSA) is 58.2 Å². The maximum Gasteiger partial charge on any atom is 0.240 e. The van der Waals surface area contributed by atoms with Crippen LogP contribution in [0.15, 0.2) is 42.5 Å². The van der Waals surface area contributed by atoms with E-state index < -0.39 is 11.3 Å². The van der Waals surface area contributed by atoms with Gasteiger partial charge in [0, 0.05) is 11.6 Å². The second kappa shape index (κ2) is 7.64. The van der Waals surface area contributed by atoms with Crippen molar-refractivity contribution in [3.8, 4) is 0 Å². The average molecular weight is 395 g/mol. The molecule has 1 fully saturated rings. The third kappa shape index (κ3) is 4.00. The number of carbonyl (C=O) groups excluding carboxylic acids is 2. The fourth-order valence-electron chi connectivity index (χ4n) is 2.70. The highest BCUT2D eigenvalue weighted by atomic mass is 35.5. The minimum atomic E-state index is -1.09. The van der Waals surface area contributed by atoms with Gasteiger partial charge >= 0.3 is 0 Å². The summed E-state index contributed by atoms with van der Waals surface area (Å²) in [5, 5.41) is 6.18. The first-order valence-electron chi connectivity index (χ1n) is 8.20. The molecule has 0 aliphatic heterocycles. The van der Waals surface area contributed by atoms with E-state index in [1.807, 2.05) is 0 Å². The average Bonchev–Trinajstić information content (AvgIpc) is 3.41. The summed E-state index contributed by atoms with van der Waals surface area (Å²) in [6, 6.07) is 11.1. The quantitative estimate of drug-likeness (QED) is 0.720. The van der Waals surface area contributed by atoms with Gasteiger partial charge in [-0.2, -0.15) is 0 Å². The zero-order valence-corrected chi connectivity index (χ0v) is 15.3. The molecular weight excluding hydrogens is 378 g/mol. The Bertz CT molecular complexity index is 853. The SMILES string of the molecule is O=C(NCCc1ccccc1F)C1(C(=O)Nc2ccc(Cl)cc2Cl)CC1. The van der Waals surface area contributed by atoms with Crippen LogP contribution in [0.1, 0.15) is 18.4 Å². The zero-order valence-electron chi connectivity index (χ0n) is 13.8. The number of amides is 2. The van der Waals surface area contributed by atoms with Crippen molar-refractivity contribution in [3.63, 3.8) is 0 Å². The molecule has 0 bridgehead atoms. The lowest BCUT2D eigenvalue weighted by molar-refractivity contribution is -0.134. The number of hydrogen-bond donors (Lipinski definition) is 2. The van der Waals surface area contributed by atoms with Crippen LogP contribution in [0.4, 0.5) is 10.1 Å². The predicted molar refractivity (Wildman–Crippen MR) is 99.9 cm³/mol. The third-order valence-electron chi connectivity index (χ3n) is 4.44. The number of anilines is 1. The van der Waals surface area contributed by atoms with Crippen LogP contribution in [-0.4, -0.2) is 18.4 Å². The van der Waals surface area contributed by atoms with E-state index in [9.17, 15) is 14.0 Å². The number of benzene rings is 2. The van der Waals surface area contributed by atoms with Crippen molar-refractivity contribution in [2.24, 2.45) is 5.41 Å². The lowest BCUT2D eigenvalue weighted by Gasteiger charge is -2.16. The highest BCUT2D eigenvalue weighted by Crippen LogP contribution is 2.47. The second-order valence-electron chi connectivity index (χ2n) is 6.26. The van der Waals surface area contributed by atoms with Crippen molar-refractivity contribution < 1.29 is 14.0 Å². The van der Waals surface area contributed by atoms with Crippen molar-refractivity contribution in [2.45, 2.75) is 19.3 Å². The second-order valence-corrected chi connectivity index (χ2v) is 7.10. The van der Waals surface area contributed by atoms with Crippen LogP contribution >= 0.6 is 23.2 Å². The Balaban J connectivity index is 1.58. The summed E-state index contributed by atoms with van der Waals surface area (Å²) in [7, 11) is 0. The van der Waals surface area contributed by atoms with Crippen LogP contribution in [0, 0.1) is 11.2 Å². The molecular formula is C19H17Cl2FN2O2. The fourth-order valence-corrected chi connectivity index (χ4v) is 3.15. The maximum absolute atomic E-state index is 13.6. The molecule has 0 unspecified atom stereocenters. The van der Waals surface area contributed by atoms with Crippen LogP contribution in [-0.2, 0) is 16.0 Å². The minimum Gasteiger partial charge on any atom is -0.355 e. The molecule has 2 aromatic rings. The molecule has 0 saturated heterocycles. The van der Waals surface area contributed by atoms with Gasteiger partial charge in [-0.3, -0.25) is 9.59 Å².